The maximum absolute atomic E-state index is 3.02. The Balaban J connectivity index is 1.12. The van der Waals surface area contributed by atoms with Gasteiger partial charge in [-0.05, 0) is 93.5 Å². The summed E-state index contributed by atoms with van der Waals surface area (Å²) in [6.45, 7) is 0. The van der Waals surface area contributed by atoms with Crippen molar-refractivity contribution in [2.24, 2.45) is 0 Å². The molecule has 0 aliphatic heterocycles. The van der Waals surface area contributed by atoms with Crippen molar-refractivity contribution in [3.63, 3.8) is 0 Å². The van der Waals surface area contributed by atoms with Crippen LogP contribution in [0.15, 0.2) is 249 Å². The molecule has 0 fully saturated rings. The number of nitrogens with zero attached hydrogens (tertiary/aromatic N) is 3. The average molecular weight is 832 g/mol. The minimum absolute atomic E-state index is 1.15. The first-order valence-corrected chi connectivity index (χ1v) is 24.1. The molecule has 0 saturated heterocycles. The molecule has 10 aromatic carbocycles. The van der Waals surface area contributed by atoms with Crippen molar-refractivity contribution in [1.82, 2.24) is 13.7 Å². The standard InChI is InChI=1S/C60H41N3Si/c1-5-20-42(21-6-1)61-55-33-16-13-30-49(55)52-37-36-48(39-58(52)61)64(45-25-9-3-10-26-45,46-27-11-4-12-28-46)47-29-19-24-44(38-47)63-57-35-18-15-32-51(57)54-40-53-50-31-14-17-34-56(50)62(59(53)41-60(54)63)43-22-7-2-8-23-43/h1-41H. The van der Waals surface area contributed by atoms with Crippen molar-refractivity contribution in [3.05, 3.63) is 249 Å². The molecule has 4 heteroatoms. The molecule has 0 spiro atoms. The van der Waals surface area contributed by atoms with Gasteiger partial charge in [-0.2, -0.15) is 0 Å². The Kier molecular flexibility index (Phi) is 8.23. The van der Waals surface area contributed by atoms with Crippen molar-refractivity contribution in [2.75, 3.05) is 0 Å². The second kappa shape index (κ2) is 14.5. The normalized spacial score (nSPS) is 12.1. The summed E-state index contributed by atoms with van der Waals surface area (Å²) in [5, 5.41) is 12.9. The van der Waals surface area contributed by atoms with Crippen LogP contribution in [0.25, 0.3) is 82.5 Å². The summed E-state index contributed by atoms with van der Waals surface area (Å²) in [5.74, 6) is 0. The fourth-order valence-corrected chi connectivity index (χ4v) is 15.7. The summed E-state index contributed by atoms with van der Waals surface area (Å²) in [4.78, 5) is 0. The maximum Gasteiger partial charge on any atom is 0.179 e. The summed E-state index contributed by atoms with van der Waals surface area (Å²) < 4.78 is 7.38. The van der Waals surface area contributed by atoms with Crippen LogP contribution in [0.2, 0.25) is 0 Å². The molecule has 13 aromatic rings. The Bertz CT molecular complexity index is 3840. The van der Waals surface area contributed by atoms with E-state index in [1.165, 1.54) is 86.2 Å². The SMILES string of the molecule is c1ccc(-n2c3ccccc3c3ccc([Si](c4ccccc4)(c4ccccc4)c4cccc(-n5c6ccccc6c6cc7c8ccccc8n(-c8ccccc8)c7cc65)c4)cc32)cc1. The summed E-state index contributed by atoms with van der Waals surface area (Å²) in [7, 11) is -3.02. The highest BCUT2D eigenvalue weighted by atomic mass is 28.3. The van der Waals surface area contributed by atoms with Gasteiger partial charge in [0.05, 0.1) is 33.1 Å². The zero-order valence-electron chi connectivity index (χ0n) is 35.0. The minimum atomic E-state index is -3.02. The van der Waals surface area contributed by atoms with E-state index >= 15 is 0 Å². The van der Waals surface area contributed by atoms with Gasteiger partial charge >= 0.3 is 0 Å². The van der Waals surface area contributed by atoms with Gasteiger partial charge in [-0.3, -0.25) is 0 Å². The van der Waals surface area contributed by atoms with Gasteiger partial charge in [0.1, 0.15) is 0 Å². The van der Waals surface area contributed by atoms with Crippen molar-refractivity contribution in [1.29, 1.82) is 0 Å². The van der Waals surface area contributed by atoms with Gasteiger partial charge in [-0.15, -0.1) is 0 Å². The molecule has 0 bridgehead atoms. The topological polar surface area (TPSA) is 14.8 Å². The number of fused-ring (bicyclic) bond motifs is 9. The number of benzene rings is 10. The quantitative estimate of drug-likeness (QED) is 0.112. The Hall–Kier alpha value is -8.18. The predicted molar refractivity (Wildman–Crippen MR) is 273 cm³/mol. The number of para-hydroxylation sites is 5. The van der Waals surface area contributed by atoms with Crippen molar-refractivity contribution < 1.29 is 0 Å². The summed E-state index contributed by atoms with van der Waals surface area (Å²) >= 11 is 0. The molecule has 3 heterocycles. The highest BCUT2D eigenvalue weighted by Crippen LogP contribution is 2.40. The predicted octanol–water partition coefficient (Wildman–Crippen LogP) is 12.4. The molecular formula is C60H41N3Si. The highest BCUT2D eigenvalue weighted by Gasteiger charge is 2.42. The van der Waals surface area contributed by atoms with E-state index in [-0.39, 0.29) is 0 Å². The first-order chi connectivity index (χ1) is 31.8. The molecule has 64 heavy (non-hydrogen) atoms. The first-order valence-electron chi connectivity index (χ1n) is 22.1. The van der Waals surface area contributed by atoms with Gasteiger partial charge in [0.2, 0.25) is 0 Å². The van der Waals surface area contributed by atoms with Crippen LogP contribution < -0.4 is 20.7 Å². The molecule has 0 aliphatic rings. The maximum atomic E-state index is 2.51. The zero-order chi connectivity index (χ0) is 42.2. The largest absolute Gasteiger partial charge is 0.309 e. The second-order valence-electron chi connectivity index (χ2n) is 16.9. The molecule has 0 saturated carbocycles. The van der Waals surface area contributed by atoms with E-state index in [0.717, 1.165) is 17.1 Å². The third-order valence-electron chi connectivity index (χ3n) is 13.6. The van der Waals surface area contributed by atoms with Crippen LogP contribution in [-0.2, 0) is 0 Å². The van der Waals surface area contributed by atoms with E-state index in [0.29, 0.717) is 0 Å². The van der Waals surface area contributed by atoms with Crippen LogP contribution in [0, 0.1) is 0 Å². The highest BCUT2D eigenvalue weighted by molar-refractivity contribution is 7.20. The van der Waals surface area contributed by atoms with Crippen LogP contribution in [0.3, 0.4) is 0 Å². The lowest BCUT2D eigenvalue weighted by atomic mass is 10.1. The van der Waals surface area contributed by atoms with Crippen LogP contribution in [0.5, 0.6) is 0 Å². The van der Waals surface area contributed by atoms with E-state index in [1.54, 1.807) is 0 Å². The van der Waals surface area contributed by atoms with Crippen LogP contribution in [0.4, 0.5) is 0 Å². The summed E-state index contributed by atoms with van der Waals surface area (Å²) in [5.41, 5.74) is 10.7. The fourth-order valence-electron chi connectivity index (χ4n) is 10.9. The van der Waals surface area contributed by atoms with Gasteiger partial charge in [0.25, 0.3) is 0 Å². The zero-order valence-corrected chi connectivity index (χ0v) is 36.0. The van der Waals surface area contributed by atoms with Crippen LogP contribution in [0.1, 0.15) is 0 Å². The molecule has 3 nitrogen and oxygen atoms in total. The van der Waals surface area contributed by atoms with Crippen molar-refractivity contribution >= 4 is 94.2 Å². The molecule has 0 radical (unpaired) electrons. The molecule has 3 aromatic heterocycles. The lowest BCUT2D eigenvalue weighted by Gasteiger charge is -2.35. The third kappa shape index (κ3) is 5.33. The molecule has 0 N–H and O–H groups in total. The first kappa shape index (κ1) is 36.5. The Morgan fingerprint density at radius 1 is 0.203 bits per heavy atom. The molecule has 0 unspecified atom stereocenters. The number of hydrogen-bond acceptors (Lipinski definition) is 0. The Morgan fingerprint density at radius 3 is 1.08 bits per heavy atom. The summed E-state index contributed by atoms with van der Waals surface area (Å²) in [6.07, 6.45) is 0. The minimum Gasteiger partial charge on any atom is -0.309 e. The Morgan fingerprint density at radius 2 is 0.562 bits per heavy atom. The van der Waals surface area contributed by atoms with Crippen LogP contribution >= 0.6 is 0 Å². The third-order valence-corrected chi connectivity index (χ3v) is 18.3. The second-order valence-corrected chi connectivity index (χ2v) is 20.7. The number of hydrogen-bond donors (Lipinski definition) is 0. The molecule has 13 rings (SSSR count). The van der Waals surface area contributed by atoms with E-state index in [9.17, 15) is 0 Å². The molecule has 0 amide bonds. The van der Waals surface area contributed by atoms with Crippen molar-refractivity contribution in [3.8, 4) is 17.1 Å². The van der Waals surface area contributed by atoms with Gasteiger partial charge in [0, 0.05) is 49.4 Å². The van der Waals surface area contributed by atoms with Gasteiger partial charge < -0.3 is 13.7 Å². The van der Waals surface area contributed by atoms with E-state index < -0.39 is 8.07 Å². The monoisotopic (exact) mass is 831 g/mol. The van der Waals surface area contributed by atoms with E-state index in [2.05, 4.69) is 262 Å². The fraction of sp³-hybridized carbons (Fsp3) is 0. The lowest BCUT2D eigenvalue weighted by molar-refractivity contribution is 1.17. The van der Waals surface area contributed by atoms with E-state index in [1.807, 2.05) is 0 Å². The smallest absolute Gasteiger partial charge is 0.179 e. The summed E-state index contributed by atoms with van der Waals surface area (Å²) in [6, 6.07) is 92.5. The van der Waals surface area contributed by atoms with Gasteiger partial charge in [-0.25, -0.2) is 0 Å². The number of rotatable bonds is 7. The number of aromatic nitrogens is 3. The lowest BCUT2D eigenvalue weighted by Crippen LogP contribution is -2.74. The molecular weight excluding hydrogens is 791 g/mol. The molecule has 0 atom stereocenters. The van der Waals surface area contributed by atoms with Gasteiger partial charge in [-0.1, -0.05) is 176 Å². The Labute approximate surface area is 372 Å². The molecule has 0 aliphatic carbocycles. The molecule has 300 valence electrons. The van der Waals surface area contributed by atoms with Crippen molar-refractivity contribution in [2.45, 2.75) is 0 Å². The average Bonchev–Trinajstić information content (AvgIpc) is 4.00. The van der Waals surface area contributed by atoms with Crippen LogP contribution in [-0.4, -0.2) is 21.8 Å². The van der Waals surface area contributed by atoms with E-state index in [4.69, 9.17) is 0 Å². The van der Waals surface area contributed by atoms with Gasteiger partial charge in [0.15, 0.2) is 8.07 Å².